The molecule has 3 heteroatoms. The Kier molecular flexibility index (Phi) is 3.91. The van der Waals surface area contributed by atoms with Crippen LogP contribution in [-0.4, -0.2) is 25.7 Å². The monoisotopic (exact) mass is 250 g/mol. The standard InChI is InChI=1S/C15H23FN2/c1-15(2)10-12(11-17-3)7-8-18(15)14-6-4-5-13(16)9-14/h4-6,9,12,17H,7-8,10-11H2,1-3H3. The molecule has 100 valence electrons. The summed E-state index contributed by atoms with van der Waals surface area (Å²) in [4.78, 5) is 2.34. The predicted octanol–water partition coefficient (Wildman–Crippen LogP) is 3.04. The van der Waals surface area contributed by atoms with Crippen LogP contribution in [0, 0.1) is 11.7 Å². The van der Waals surface area contributed by atoms with Gasteiger partial charge in [0, 0.05) is 17.8 Å². The molecule has 1 aliphatic rings. The van der Waals surface area contributed by atoms with Gasteiger partial charge in [0.25, 0.3) is 0 Å². The highest BCUT2D eigenvalue weighted by atomic mass is 19.1. The summed E-state index contributed by atoms with van der Waals surface area (Å²) in [6, 6.07) is 6.94. The van der Waals surface area contributed by atoms with Crippen LogP contribution in [-0.2, 0) is 0 Å². The topological polar surface area (TPSA) is 15.3 Å². The largest absolute Gasteiger partial charge is 0.366 e. The van der Waals surface area contributed by atoms with Gasteiger partial charge in [0.1, 0.15) is 5.82 Å². The number of hydrogen-bond donors (Lipinski definition) is 1. The predicted molar refractivity (Wildman–Crippen MR) is 74.5 cm³/mol. The minimum Gasteiger partial charge on any atom is -0.366 e. The summed E-state index contributed by atoms with van der Waals surface area (Å²) in [5.74, 6) is 0.565. The van der Waals surface area contributed by atoms with E-state index in [-0.39, 0.29) is 11.4 Å². The molecule has 18 heavy (non-hydrogen) atoms. The molecule has 0 saturated carbocycles. The zero-order chi connectivity index (χ0) is 13.2. The lowest BCUT2D eigenvalue weighted by Crippen LogP contribution is -2.51. The lowest BCUT2D eigenvalue weighted by molar-refractivity contribution is 0.270. The van der Waals surface area contributed by atoms with E-state index < -0.39 is 0 Å². The van der Waals surface area contributed by atoms with Gasteiger partial charge in [0.05, 0.1) is 0 Å². The van der Waals surface area contributed by atoms with Crippen molar-refractivity contribution in [1.82, 2.24) is 5.32 Å². The third-order valence-corrected chi connectivity index (χ3v) is 3.89. The van der Waals surface area contributed by atoms with Crippen molar-refractivity contribution in [3.63, 3.8) is 0 Å². The molecule has 1 N–H and O–H groups in total. The Bertz CT molecular complexity index is 403. The molecule has 1 aromatic carbocycles. The second kappa shape index (κ2) is 5.27. The fourth-order valence-corrected chi connectivity index (χ4v) is 3.12. The minimum absolute atomic E-state index is 0.0908. The molecule has 2 rings (SSSR count). The zero-order valence-corrected chi connectivity index (χ0v) is 11.5. The Labute approximate surface area is 109 Å². The molecule has 1 atom stereocenters. The first-order valence-electron chi connectivity index (χ1n) is 6.71. The molecule has 0 amide bonds. The summed E-state index contributed by atoms with van der Waals surface area (Å²) in [5.41, 5.74) is 1.09. The summed E-state index contributed by atoms with van der Waals surface area (Å²) in [5, 5.41) is 3.26. The number of anilines is 1. The second-order valence-electron chi connectivity index (χ2n) is 5.86. The van der Waals surface area contributed by atoms with Crippen LogP contribution in [0.4, 0.5) is 10.1 Å². The fourth-order valence-electron chi connectivity index (χ4n) is 3.12. The quantitative estimate of drug-likeness (QED) is 0.887. The molecular formula is C15H23FN2. The van der Waals surface area contributed by atoms with Crippen molar-refractivity contribution < 1.29 is 4.39 Å². The Balaban J connectivity index is 2.15. The Hall–Kier alpha value is -1.09. The van der Waals surface area contributed by atoms with E-state index in [1.807, 2.05) is 13.1 Å². The van der Waals surface area contributed by atoms with Gasteiger partial charge in [-0.15, -0.1) is 0 Å². The number of halogens is 1. The first kappa shape index (κ1) is 13.3. The van der Waals surface area contributed by atoms with Crippen molar-refractivity contribution in [1.29, 1.82) is 0 Å². The smallest absolute Gasteiger partial charge is 0.125 e. The maximum absolute atomic E-state index is 13.3. The van der Waals surface area contributed by atoms with Crippen molar-refractivity contribution in [2.75, 3.05) is 25.0 Å². The van der Waals surface area contributed by atoms with E-state index in [0.29, 0.717) is 0 Å². The van der Waals surface area contributed by atoms with Crippen LogP contribution in [0.1, 0.15) is 26.7 Å². The lowest BCUT2D eigenvalue weighted by Gasteiger charge is -2.47. The summed E-state index contributed by atoms with van der Waals surface area (Å²) >= 11 is 0. The molecule has 0 aliphatic carbocycles. The Morgan fingerprint density at radius 3 is 2.83 bits per heavy atom. The maximum Gasteiger partial charge on any atom is 0.125 e. The van der Waals surface area contributed by atoms with Crippen LogP contribution < -0.4 is 10.2 Å². The second-order valence-corrected chi connectivity index (χ2v) is 5.86. The van der Waals surface area contributed by atoms with Gasteiger partial charge < -0.3 is 10.2 Å². The molecule has 0 aromatic heterocycles. The van der Waals surface area contributed by atoms with E-state index >= 15 is 0 Å². The van der Waals surface area contributed by atoms with Crippen LogP contribution in [0.2, 0.25) is 0 Å². The highest BCUT2D eigenvalue weighted by molar-refractivity contribution is 5.49. The van der Waals surface area contributed by atoms with Gasteiger partial charge in [-0.1, -0.05) is 6.07 Å². The molecule has 2 nitrogen and oxygen atoms in total. The Morgan fingerprint density at radius 1 is 1.44 bits per heavy atom. The number of hydrogen-bond acceptors (Lipinski definition) is 2. The average molecular weight is 250 g/mol. The summed E-state index contributed by atoms with van der Waals surface area (Å²) in [6.07, 6.45) is 2.31. The first-order chi connectivity index (χ1) is 8.53. The summed E-state index contributed by atoms with van der Waals surface area (Å²) in [6.45, 7) is 6.57. The first-order valence-corrected chi connectivity index (χ1v) is 6.71. The van der Waals surface area contributed by atoms with Gasteiger partial charge in [-0.3, -0.25) is 0 Å². The van der Waals surface area contributed by atoms with Crippen molar-refractivity contribution in [3.05, 3.63) is 30.1 Å². The highest BCUT2D eigenvalue weighted by Gasteiger charge is 2.34. The third-order valence-electron chi connectivity index (χ3n) is 3.89. The van der Waals surface area contributed by atoms with Crippen molar-refractivity contribution >= 4 is 5.69 Å². The number of rotatable bonds is 3. The average Bonchev–Trinajstić information content (AvgIpc) is 2.28. The highest BCUT2D eigenvalue weighted by Crippen LogP contribution is 2.35. The number of benzene rings is 1. The molecule has 1 aromatic rings. The number of nitrogens with zero attached hydrogens (tertiary/aromatic N) is 1. The molecule has 0 spiro atoms. The van der Waals surface area contributed by atoms with Gasteiger partial charge >= 0.3 is 0 Å². The molecule has 0 bridgehead atoms. The van der Waals surface area contributed by atoms with Crippen LogP contribution in [0.15, 0.2) is 24.3 Å². The van der Waals surface area contributed by atoms with Crippen molar-refractivity contribution in [3.8, 4) is 0 Å². The fraction of sp³-hybridized carbons (Fsp3) is 0.600. The summed E-state index contributed by atoms with van der Waals surface area (Å²) in [7, 11) is 2.01. The van der Waals surface area contributed by atoms with Crippen LogP contribution >= 0.6 is 0 Å². The maximum atomic E-state index is 13.3. The van der Waals surface area contributed by atoms with E-state index in [4.69, 9.17) is 0 Å². The van der Waals surface area contributed by atoms with E-state index in [1.54, 1.807) is 12.1 Å². The lowest BCUT2D eigenvalue weighted by atomic mass is 9.82. The van der Waals surface area contributed by atoms with Crippen molar-refractivity contribution in [2.24, 2.45) is 5.92 Å². The van der Waals surface area contributed by atoms with E-state index in [1.165, 1.54) is 12.5 Å². The van der Waals surface area contributed by atoms with Crippen LogP contribution in [0.3, 0.4) is 0 Å². The van der Waals surface area contributed by atoms with Crippen LogP contribution in [0.5, 0.6) is 0 Å². The Morgan fingerprint density at radius 2 is 2.22 bits per heavy atom. The van der Waals surface area contributed by atoms with E-state index in [0.717, 1.165) is 31.1 Å². The van der Waals surface area contributed by atoms with Gasteiger partial charge in [-0.25, -0.2) is 4.39 Å². The van der Waals surface area contributed by atoms with E-state index in [9.17, 15) is 4.39 Å². The van der Waals surface area contributed by atoms with Gasteiger partial charge in [-0.2, -0.15) is 0 Å². The van der Waals surface area contributed by atoms with Gasteiger partial charge in [-0.05, 0) is 64.4 Å². The number of piperidine rings is 1. The SMILES string of the molecule is CNCC1CCN(c2cccc(F)c2)C(C)(C)C1. The molecule has 1 saturated heterocycles. The molecule has 1 unspecified atom stereocenters. The van der Waals surface area contributed by atoms with Crippen LogP contribution in [0.25, 0.3) is 0 Å². The minimum atomic E-state index is -0.152. The zero-order valence-electron chi connectivity index (χ0n) is 11.5. The third kappa shape index (κ3) is 2.83. The normalized spacial score (nSPS) is 23.1. The molecule has 1 fully saturated rings. The molecule has 1 aliphatic heterocycles. The molecular weight excluding hydrogens is 227 g/mol. The molecule has 1 heterocycles. The summed E-state index contributed by atoms with van der Waals surface area (Å²) < 4.78 is 13.3. The van der Waals surface area contributed by atoms with Gasteiger partial charge in [0.15, 0.2) is 0 Å². The van der Waals surface area contributed by atoms with Crippen molar-refractivity contribution in [2.45, 2.75) is 32.2 Å². The molecule has 0 radical (unpaired) electrons. The van der Waals surface area contributed by atoms with Gasteiger partial charge in [0.2, 0.25) is 0 Å². The number of nitrogens with one attached hydrogen (secondary N) is 1. The van der Waals surface area contributed by atoms with E-state index in [2.05, 4.69) is 24.1 Å².